The minimum atomic E-state index is -0.251. The molecule has 1 aromatic carbocycles. The molecule has 0 bridgehead atoms. The van der Waals surface area contributed by atoms with E-state index < -0.39 is 0 Å². The standard InChI is InChI=1S/C17H20FN3O.HI/c1-2-9-19-17(20-10-8-16-7-4-11-22-16)21-13-14-5-3-6-15(18)12-14;/h2-7,11-12H,1,8-10,13H2,(H2,19,20,21);1H. The van der Waals surface area contributed by atoms with Crippen LogP contribution in [0.5, 0.6) is 0 Å². The van der Waals surface area contributed by atoms with Gasteiger partial charge >= 0.3 is 0 Å². The van der Waals surface area contributed by atoms with Gasteiger partial charge in [-0.15, -0.1) is 30.6 Å². The Bertz CT molecular complexity index is 614. The lowest BCUT2D eigenvalue weighted by Gasteiger charge is -2.11. The highest BCUT2D eigenvalue weighted by Gasteiger charge is 2.00. The first-order chi connectivity index (χ1) is 10.8. The van der Waals surface area contributed by atoms with Crippen LogP contribution in [0.25, 0.3) is 0 Å². The van der Waals surface area contributed by atoms with E-state index in [0.29, 0.717) is 25.6 Å². The van der Waals surface area contributed by atoms with Crippen LogP contribution in [0.2, 0.25) is 0 Å². The van der Waals surface area contributed by atoms with E-state index in [-0.39, 0.29) is 29.8 Å². The van der Waals surface area contributed by atoms with Crippen molar-refractivity contribution in [2.75, 3.05) is 13.1 Å². The summed E-state index contributed by atoms with van der Waals surface area (Å²) in [6.45, 7) is 5.38. The molecule has 2 rings (SSSR count). The molecule has 0 aliphatic carbocycles. The maximum absolute atomic E-state index is 13.2. The molecule has 0 atom stereocenters. The first kappa shape index (κ1) is 19.2. The molecule has 6 heteroatoms. The number of hydrogen-bond donors (Lipinski definition) is 2. The van der Waals surface area contributed by atoms with Gasteiger partial charge in [-0.1, -0.05) is 18.2 Å². The largest absolute Gasteiger partial charge is 0.469 e. The smallest absolute Gasteiger partial charge is 0.191 e. The van der Waals surface area contributed by atoms with Crippen molar-refractivity contribution in [3.8, 4) is 0 Å². The Hall–Kier alpha value is -1.83. The van der Waals surface area contributed by atoms with E-state index in [1.54, 1.807) is 18.4 Å². The number of hydrogen-bond acceptors (Lipinski definition) is 2. The van der Waals surface area contributed by atoms with Gasteiger partial charge in [0.2, 0.25) is 0 Å². The molecule has 124 valence electrons. The zero-order valence-corrected chi connectivity index (χ0v) is 15.1. The molecule has 4 nitrogen and oxygen atoms in total. The molecule has 0 aliphatic heterocycles. The van der Waals surface area contributed by atoms with Gasteiger partial charge < -0.3 is 15.1 Å². The Morgan fingerprint density at radius 3 is 2.83 bits per heavy atom. The van der Waals surface area contributed by atoms with Crippen LogP contribution in [0.15, 0.2) is 64.7 Å². The highest BCUT2D eigenvalue weighted by Crippen LogP contribution is 2.04. The average molecular weight is 429 g/mol. The fraction of sp³-hybridized carbons (Fsp3) is 0.235. The number of furan rings is 1. The summed E-state index contributed by atoms with van der Waals surface area (Å²) in [6.07, 6.45) is 4.18. The Kier molecular flexibility index (Phi) is 9.04. The summed E-state index contributed by atoms with van der Waals surface area (Å²) in [7, 11) is 0. The number of rotatable bonds is 7. The molecule has 0 radical (unpaired) electrons. The maximum Gasteiger partial charge on any atom is 0.191 e. The van der Waals surface area contributed by atoms with Gasteiger partial charge in [0.25, 0.3) is 0 Å². The monoisotopic (exact) mass is 429 g/mol. The summed E-state index contributed by atoms with van der Waals surface area (Å²) in [5.41, 5.74) is 0.825. The summed E-state index contributed by atoms with van der Waals surface area (Å²) < 4.78 is 18.4. The summed E-state index contributed by atoms with van der Waals surface area (Å²) in [4.78, 5) is 4.44. The molecule has 0 fully saturated rings. The van der Waals surface area contributed by atoms with Crippen molar-refractivity contribution < 1.29 is 8.81 Å². The molecular weight excluding hydrogens is 408 g/mol. The third kappa shape index (κ3) is 7.32. The summed E-state index contributed by atoms with van der Waals surface area (Å²) in [6, 6.07) is 10.2. The van der Waals surface area contributed by atoms with E-state index in [4.69, 9.17) is 4.42 Å². The average Bonchev–Trinajstić information content (AvgIpc) is 3.03. The summed E-state index contributed by atoms with van der Waals surface area (Å²) in [5, 5.41) is 6.35. The second kappa shape index (κ2) is 10.8. The van der Waals surface area contributed by atoms with E-state index in [1.165, 1.54) is 12.1 Å². The molecule has 0 spiro atoms. The highest BCUT2D eigenvalue weighted by atomic mass is 127. The summed E-state index contributed by atoms with van der Waals surface area (Å²) in [5.74, 6) is 1.33. The number of halogens is 2. The normalized spacial score (nSPS) is 10.7. The molecule has 0 saturated carbocycles. The van der Waals surface area contributed by atoms with Crippen molar-refractivity contribution in [1.82, 2.24) is 10.6 Å². The number of nitrogens with zero attached hydrogens (tertiary/aromatic N) is 1. The molecule has 2 N–H and O–H groups in total. The van der Waals surface area contributed by atoms with E-state index in [2.05, 4.69) is 22.2 Å². The van der Waals surface area contributed by atoms with E-state index in [9.17, 15) is 4.39 Å². The van der Waals surface area contributed by atoms with Crippen LogP contribution in [-0.4, -0.2) is 19.0 Å². The minimum Gasteiger partial charge on any atom is -0.469 e. The lowest BCUT2D eigenvalue weighted by atomic mass is 10.2. The van der Waals surface area contributed by atoms with Crippen molar-refractivity contribution in [1.29, 1.82) is 0 Å². The van der Waals surface area contributed by atoms with Gasteiger partial charge in [0.1, 0.15) is 11.6 Å². The second-order valence-electron chi connectivity index (χ2n) is 4.72. The molecule has 1 aromatic heterocycles. The third-order valence-corrected chi connectivity index (χ3v) is 2.97. The van der Waals surface area contributed by atoms with Gasteiger partial charge in [-0.05, 0) is 29.8 Å². The Labute approximate surface area is 152 Å². The van der Waals surface area contributed by atoms with Crippen LogP contribution < -0.4 is 10.6 Å². The van der Waals surface area contributed by atoms with E-state index in [0.717, 1.165) is 17.7 Å². The van der Waals surface area contributed by atoms with Crippen molar-refractivity contribution in [3.63, 3.8) is 0 Å². The highest BCUT2D eigenvalue weighted by molar-refractivity contribution is 14.0. The van der Waals surface area contributed by atoms with Crippen LogP contribution in [-0.2, 0) is 13.0 Å². The van der Waals surface area contributed by atoms with Crippen molar-refractivity contribution in [3.05, 3.63) is 72.5 Å². The molecule has 0 saturated heterocycles. The Balaban J connectivity index is 0.00000264. The molecule has 1 heterocycles. The van der Waals surface area contributed by atoms with Crippen LogP contribution in [0.3, 0.4) is 0 Å². The van der Waals surface area contributed by atoms with Crippen LogP contribution in [0.1, 0.15) is 11.3 Å². The fourth-order valence-corrected chi connectivity index (χ4v) is 1.91. The van der Waals surface area contributed by atoms with Crippen LogP contribution >= 0.6 is 24.0 Å². The molecule has 0 aliphatic rings. The maximum atomic E-state index is 13.2. The first-order valence-corrected chi connectivity index (χ1v) is 7.18. The molecule has 0 unspecified atom stereocenters. The lowest BCUT2D eigenvalue weighted by molar-refractivity contribution is 0.507. The van der Waals surface area contributed by atoms with Crippen molar-refractivity contribution in [2.45, 2.75) is 13.0 Å². The van der Waals surface area contributed by atoms with Crippen molar-refractivity contribution in [2.24, 2.45) is 4.99 Å². The number of nitrogens with one attached hydrogen (secondary N) is 2. The van der Waals surface area contributed by atoms with E-state index >= 15 is 0 Å². The Morgan fingerprint density at radius 1 is 1.26 bits per heavy atom. The van der Waals surface area contributed by atoms with Gasteiger partial charge in [0.15, 0.2) is 5.96 Å². The van der Waals surface area contributed by atoms with Crippen LogP contribution in [0.4, 0.5) is 4.39 Å². The van der Waals surface area contributed by atoms with Gasteiger partial charge in [-0.25, -0.2) is 9.38 Å². The van der Waals surface area contributed by atoms with Gasteiger partial charge in [0.05, 0.1) is 12.8 Å². The van der Waals surface area contributed by atoms with Crippen molar-refractivity contribution >= 4 is 29.9 Å². The fourth-order valence-electron chi connectivity index (χ4n) is 1.91. The number of benzene rings is 1. The lowest BCUT2D eigenvalue weighted by Crippen LogP contribution is -2.38. The minimum absolute atomic E-state index is 0. The summed E-state index contributed by atoms with van der Waals surface area (Å²) >= 11 is 0. The van der Waals surface area contributed by atoms with Gasteiger partial charge in [-0.3, -0.25) is 0 Å². The third-order valence-electron chi connectivity index (χ3n) is 2.97. The molecule has 0 amide bonds. The van der Waals surface area contributed by atoms with Crippen LogP contribution in [0, 0.1) is 5.82 Å². The first-order valence-electron chi connectivity index (χ1n) is 7.18. The zero-order chi connectivity index (χ0) is 15.6. The quantitative estimate of drug-likeness (QED) is 0.307. The topological polar surface area (TPSA) is 49.6 Å². The molecule has 2 aromatic rings. The molecule has 23 heavy (non-hydrogen) atoms. The number of aliphatic imine (C=N–C) groups is 1. The zero-order valence-electron chi connectivity index (χ0n) is 12.8. The van der Waals surface area contributed by atoms with Gasteiger partial charge in [0, 0.05) is 19.5 Å². The Morgan fingerprint density at radius 2 is 2.13 bits per heavy atom. The number of guanidine groups is 1. The van der Waals surface area contributed by atoms with E-state index in [1.807, 2.05) is 18.2 Å². The second-order valence-corrected chi connectivity index (χ2v) is 4.72. The predicted octanol–water partition coefficient (Wildman–Crippen LogP) is 3.50. The molecular formula is C17H21FIN3O. The SMILES string of the molecule is C=CCNC(=NCc1cccc(F)c1)NCCc1ccco1.I. The predicted molar refractivity (Wildman–Crippen MR) is 102 cm³/mol. The van der Waals surface area contributed by atoms with Gasteiger partial charge in [-0.2, -0.15) is 0 Å².